The van der Waals surface area contributed by atoms with Gasteiger partial charge in [-0.25, -0.2) is 0 Å². The normalized spacial score (nSPS) is 10.6. The molecule has 7 heavy (non-hydrogen) atoms. The molecule has 0 aliphatic rings. The first-order chi connectivity index (χ1) is 3.12. The molecule has 0 aliphatic heterocycles. The van der Waals surface area contributed by atoms with Gasteiger partial charge in [-0.2, -0.15) is 5.26 Å². The van der Waals surface area contributed by atoms with E-state index in [-0.39, 0.29) is 5.54 Å². The number of nitrogens with zero attached hydrogens (tertiary/aromatic N) is 1. The van der Waals surface area contributed by atoms with Crippen molar-refractivity contribution in [3.63, 3.8) is 0 Å². The van der Waals surface area contributed by atoms with E-state index in [0.29, 0.717) is 0 Å². The topological polar surface area (TPSA) is 35.8 Å². The van der Waals surface area contributed by atoms with Crippen LogP contribution in [0.2, 0.25) is 0 Å². The molecule has 0 saturated heterocycles. The van der Waals surface area contributed by atoms with Crippen LogP contribution in [0.15, 0.2) is 0 Å². The third kappa shape index (κ3) is 2.18. The Bertz CT molecular complexity index is 88.7. The van der Waals surface area contributed by atoms with Crippen LogP contribution in [0.1, 0.15) is 13.8 Å². The maximum absolute atomic E-state index is 8.28. The van der Waals surface area contributed by atoms with Crippen LogP contribution in [-0.4, -0.2) is 12.6 Å². The minimum atomic E-state index is -0.361. The highest BCUT2D eigenvalue weighted by Gasteiger charge is 2.10. The summed E-state index contributed by atoms with van der Waals surface area (Å²) in [4.78, 5) is 0. The zero-order chi connectivity index (χ0) is 5.91. The van der Waals surface area contributed by atoms with Crippen molar-refractivity contribution in [1.82, 2.24) is 5.32 Å². The largest absolute Gasteiger partial charge is 0.303 e. The van der Waals surface area contributed by atoms with Crippen LogP contribution < -0.4 is 5.32 Å². The first-order valence-corrected chi connectivity index (χ1v) is 2.22. The highest BCUT2D eigenvalue weighted by atomic mass is 15.1. The van der Waals surface area contributed by atoms with E-state index >= 15 is 0 Å². The zero-order valence-corrected chi connectivity index (χ0v) is 4.95. The lowest BCUT2D eigenvalue weighted by Crippen LogP contribution is -2.33. The van der Waals surface area contributed by atoms with Crippen molar-refractivity contribution >= 4 is 0 Å². The van der Waals surface area contributed by atoms with Gasteiger partial charge in [-0.3, -0.25) is 0 Å². The minimum absolute atomic E-state index is 0.361. The van der Waals surface area contributed by atoms with Crippen molar-refractivity contribution in [2.24, 2.45) is 0 Å². The Morgan fingerprint density at radius 3 is 2.00 bits per heavy atom. The molecule has 0 aliphatic carbocycles. The molecule has 0 atom stereocenters. The molecule has 0 unspecified atom stereocenters. The van der Waals surface area contributed by atoms with Crippen molar-refractivity contribution < 1.29 is 0 Å². The minimum Gasteiger partial charge on any atom is -0.303 e. The second-order valence-electron chi connectivity index (χ2n) is 1.99. The first-order valence-electron chi connectivity index (χ1n) is 2.22. The Labute approximate surface area is 44.1 Å². The molecule has 40 valence electrons. The fourth-order valence-corrected chi connectivity index (χ4v) is 0.0559. The van der Waals surface area contributed by atoms with E-state index in [1.54, 1.807) is 7.05 Å². The van der Waals surface area contributed by atoms with E-state index in [0.717, 1.165) is 0 Å². The van der Waals surface area contributed by atoms with Gasteiger partial charge in [-0.15, -0.1) is 0 Å². The van der Waals surface area contributed by atoms with Gasteiger partial charge in [0.1, 0.15) is 5.54 Å². The lowest BCUT2D eigenvalue weighted by molar-refractivity contribution is 0.541. The molecular formula is C5H10N2. The number of nitriles is 1. The van der Waals surface area contributed by atoms with Gasteiger partial charge in [-0.05, 0) is 20.9 Å². The lowest BCUT2D eigenvalue weighted by Gasteiger charge is -2.11. The Morgan fingerprint density at radius 1 is 1.57 bits per heavy atom. The lowest BCUT2D eigenvalue weighted by atomic mass is 10.3. The molecule has 0 bridgehead atoms. The number of hydrogen-bond donors (Lipinski definition) is 1. The molecule has 0 radical (unpaired) electrons. The van der Waals surface area contributed by atoms with Crippen LogP contribution in [0, 0.1) is 11.3 Å². The van der Waals surface area contributed by atoms with Gasteiger partial charge in [0.05, 0.1) is 6.07 Å². The summed E-state index contributed by atoms with van der Waals surface area (Å²) < 4.78 is 0. The molecule has 0 rings (SSSR count). The summed E-state index contributed by atoms with van der Waals surface area (Å²) in [5, 5.41) is 11.1. The fourth-order valence-electron chi connectivity index (χ4n) is 0.0559. The molecule has 2 nitrogen and oxygen atoms in total. The van der Waals surface area contributed by atoms with E-state index in [2.05, 4.69) is 11.4 Å². The van der Waals surface area contributed by atoms with Crippen LogP contribution >= 0.6 is 0 Å². The molecular weight excluding hydrogens is 90.1 g/mol. The van der Waals surface area contributed by atoms with Gasteiger partial charge < -0.3 is 5.32 Å². The third-order valence-corrected chi connectivity index (χ3v) is 0.905. The Hall–Kier alpha value is -0.550. The molecule has 2 heteroatoms. The summed E-state index contributed by atoms with van der Waals surface area (Å²) in [6, 6.07) is 2.08. The monoisotopic (exact) mass is 100 g/mol. The summed E-state index contributed by atoms with van der Waals surface area (Å²) in [5.41, 5.74) is -0.361. The van der Waals surface area contributed by atoms with Crippen LogP contribution in [0.3, 0.4) is 0 Å². The van der Waals surface area contributed by atoms with Crippen molar-refractivity contribution in [1.29, 1.82) is 5.26 Å². The van der Waals surface area contributed by atoms with Gasteiger partial charge in [0, 0.05) is 0 Å². The van der Waals surface area contributed by atoms with E-state index in [9.17, 15) is 0 Å². The maximum Gasteiger partial charge on any atom is 0.100 e. The molecule has 0 aromatic heterocycles. The summed E-state index contributed by atoms with van der Waals surface area (Å²) in [6.45, 7) is 3.65. The van der Waals surface area contributed by atoms with Crippen molar-refractivity contribution in [3.05, 3.63) is 0 Å². The van der Waals surface area contributed by atoms with Gasteiger partial charge in [0.25, 0.3) is 0 Å². The Balaban J connectivity index is 3.66. The molecule has 0 saturated carbocycles. The Kier molecular flexibility index (Phi) is 1.79. The SMILES string of the molecule is CNC(C)(C)[14C]#N. The predicted molar refractivity (Wildman–Crippen MR) is 28.8 cm³/mol. The Morgan fingerprint density at radius 2 is 2.00 bits per heavy atom. The number of hydrogen-bond acceptors (Lipinski definition) is 2. The average molecular weight is 100 g/mol. The highest BCUT2D eigenvalue weighted by Crippen LogP contribution is 1.94. The zero-order valence-electron chi connectivity index (χ0n) is 4.95. The first kappa shape index (κ1) is 6.45. The van der Waals surface area contributed by atoms with Crippen molar-refractivity contribution in [2.75, 3.05) is 7.05 Å². The molecule has 0 amide bonds. The fraction of sp³-hybridized carbons (Fsp3) is 0.800. The smallest absolute Gasteiger partial charge is 0.100 e. The number of rotatable bonds is 1. The van der Waals surface area contributed by atoms with Gasteiger partial charge in [0.15, 0.2) is 0 Å². The quantitative estimate of drug-likeness (QED) is 0.521. The molecule has 0 heterocycles. The summed E-state index contributed by atoms with van der Waals surface area (Å²) in [7, 11) is 1.77. The molecule has 0 aromatic carbocycles. The molecule has 1 N–H and O–H groups in total. The summed E-state index contributed by atoms with van der Waals surface area (Å²) in [5.74, 6) is 0. The average Bonchev–Trinajstić information content (AvgIpc) is 1.68. The highest BCUT2D eigenvalue weighted by molar-refractivity contribution is 4.98. The standard InChI is InChI=1S/C5H10N2/c1-5(2,4-6)7-3/h7H,1-3H3/i4+2. The van der Waals surface area contributed by atoms with E-state index < -0.39 is 0 Å². The van der Waals surface area contributed by atoms with Gasteiger partial charge in [0.2, 0.25) is 0 Å². The number of nitrogens with one attached hydrogen (secondary N) is 1. The molecule has 0 fully saturated rings. The van der Waals surface area contributed by atoms with E-state index in [1.807, 2.05) is 13.8 Å². The molecule has 0 aromatic rings. The third-order valence-electron chi connectivity index (χ3n) is 0.905. The van der Waals surface area contributed by atoms with E-state index in [4.69, 9.17) is 5.26 Å². The summed E-state index contributed by atoms with van der Waals surface area (Å²) in [6.07, 6.45) is 0. The maximum atomic E-state index is 8.28. The van der Waals surface area contributed by atoms with Crippen molar-refractivity contribution in [3.8, 4) is 6.07 Å². The van der Waals surface area contributed by atoms with Gasteiger partial charge >= 0.3 is 0 Å². The van der Waals surface area contributed by atoms with Crippen LogP contribution in [0.4, 0.5) is 0 Å². The van der Waals surface area contributed by atoms with Gasteiger partial charge in [-0.1, -0.05) is 0 Å². The van der Waals surface area contributed by atoms with Crippen LogP contribution in [0.5, 0.6) is 0 Å². The summed E-state index contributed by atoms with van der Waals surface area (Å²) >= 11 is 0. The predicted octanol–water partition coefficient (Wildman–Crippen LogP) is 0.508. The van der Waals surface area contributed by atoms with Crippen molar-refractivity contribution in [2.45, 2.75) is 19.4 Å². The van der Waals surface area contributed by atoms with E-state index in [1.165, 1.54) is 0 Å². The van der Waals surface area contributed by atoms with Crippen LogP contribution in [-0.2, 0) is 0 Å². The second kappa shape index (κ2) is 1.94. The second-order valence-corrected chi connectivity index (χ2v) is 1.99. The van der Waals surface area contributed by atoms with Crippen LogP contribution in [0.25, 0.3) is 0 Å². The molecule has 0 spiro atoms.